The normalized spacial score (nSPS) is 15.6. The van der Waals surface area contributed by atoms with Gasteiger partial charge in [0.1, 0.15) is 12.2 Å². The van der Waals surface area contributed by atoms with Gasteiger partial charge in [-0.2, -0.15) is 0 Å². The van der Waals surface area contributed by atoms with E-state index in [1.807, 2.05) is 29.2 Å². The number of hydrogen-bond acceptors (Lipinski definition) is 5. The van der Waals surface area contributed by atoms with Gasteiger partial charge >= 0.3 is 19.2 Å². The van der Waals surface area contributed by atoms with Crippen LogP contribution in [-0.4, -0.2) is 67.4 Å². The standard InChI is InChI=1S/C32H36BF3N3O4/c1-21-22(17-23(18-29(21)33(34,35)36)37-30(40)43-32(2,3)4)19-38-13-15-39(16-14-38)31(41)42-20-28-26-11-7-5-9-24(26)25-10-6-8-12-27(25)28/h5-12,17-18,28H,13-16,19-20H2,1-4H3,(H,37,40)/q-1. The first-order valence-corrected chi connectivity index (χ1v) is 14.5. The molecular weight excluding hydrogens is 558 g/mol. The highest BCUT2D eigenvalue weighted by Gasteiger charge is 2.32. The fourth-order valence-electron chi connectivity index (χ4n) is 5.81. The quantitative estimate of drug-likeness (QED) is 0.332. The summed E-state index contributed by atoms with van der Waals surface area (Å²) in [5, 5.41) is 2.45. The number of nitrogens with one attached hydrogen (secondary N) is 1. The SMILES string of the molecule is Cc1c(CN2CCN(C(=O)OCC3c4ccccc4-c4ccccc43)CC2)cc(NC(=O)OC(C)(C)C)cc1[B-](F)(F)F. The molecule has 1 heterocycles. The summed E-state index contributed by atoms with van der Waals surface area (Å²) in [6, 6.07) is 18.8. The van der Waals surface area contributed by atoms with E-state index in [1.165, 1.54) is 6.92 Å². The largest absolute Gasteiger partial charge is 0.509 e. The molecule has 0 saturated carbocycles. The van der Waals surface area contributed by atoms with Crippen LogP contribution in [-0.2, 0) is 16.0 Å². The fraction of sp³-hybridized carbons (Fsp3) is 0.375. The van der Waals surface area contributed by atoms with Crippen LogP contribution in [0.1, 0.15) is 48.9 Å². The fourth-order valence-corrected chi connectivity index (χ4v) is 5.81. The number of anilines is 1. The lowest BCUT2D eigenvalue weighted by molar-refractivity contribution is 0.0635. The van der Waals surface area contributed by atoms with Crippen molar-refractivity contribution in [1.82, 2.24) is 9.80 Å². The minimum absolute atomic E-state index is 0.0290. The van der Waals surface area contributed by atoms with Gasteiger partial charge in [0.2, 0.25) is 0 Å². The van der Waals surface area contributed by atoms with Crippen molar-refractivity contribution in [3.63, 3.8) is 0 Å². The summed E-state index contributed by atoms with van der Waals surface area (Å²) in [7, 11) is 0. The molecule has 0 spiro atoms. The Morgan fingerprint density at radius 2 is 1.51 bits per heavy atom. The number of piperazine rings is 1. The molecule has 3 aromatic carbocycles. The van der Waals surface area contributed by atoms with E-state index in [2.05, 4.69) is 29.6 Å². The summed E-state index contributed by atoms with van der Waals surface area (Å²) in [4.78, 5) is 28.9. The minimum Gasteiger partial charge on any atom is -0.448 e. The summed E-state index contributed by atoms with van der Waals surface area (Å²) in [5.41, 5.74) is 3.66. The molecule has 43 heavy (non-hydrogen) atoms. The maximum absolute atomic E-state index is 13.9. The van der Waals surface area contributed by atoms with E-state index in [1.54, 1.807) is 31.7 Å². The van der Waals surface area contributed by atoms with E-state index in [-0.39, 0.29) is 30.3 Å². The molecule has 5 rings (SSSR count). The van der Waals surface area contributed by atoms with Crippen LogP contribution in [0.4, 0.5) is 28.2 Å². The molecule has 7 nitrogen and oxygen atoms in total. The molecule has 1 aliphatic heterocycles. The van der Waals surface area contributed by atoms with Crippen LogP contribution in [0.25, 0.3) is 11.1 Å². The van der Waals surface area contributed by atoms with E-state index in [4.69, 9.17) is 9.47 Å². The van der Waals surface area contributed by atoms with Gasteiger partial charge in [-0.25, -0.2) is 9.59 Å². The number of hydrogen-bond donors (Lipinski definition) is 1. The van der Waals surface area contributed by atoms with Gasteiger partial charge in [-0.1, -0.05) is 60.2 Å². The molecule has 0 aromatic heterocycles. The first-order valence-electron chi connectivity index (χ1n) is 14.5. The number of carbonyl (C=O) groups is 2. The zero-order chi connectivity index (χ0) is 30.9. The van der Waals surface area contributed by atoms with Crippen molar-refractivity contribution >= 4 is 30.3 Å². The molecule has 0 unspecified atom stereocenters. The van der Waals surface area contributed by atoms with E-state index in [0.717, 1.165) is 28.3 Å². The average Bonchev–Trinajstić information content (AvgIpc) is 3.25. The lowest BCUT2D eigenvalue weighted by atomic mass is 9.75. The Bertz CT molecular complexity index is 1470. The van der Waals surface area contributed by atoms with Crippen LogP contribution in [0.3, 0.4) is 0 Å². The Morgan fingerprint density at radius 3 is 2.07 bits per heavy atom. The number of nitrogens with zero attached hydrogens (tertiary/aromatic N) is 2. The number of carbonyl (C=O) groups excluding carboxylic acids is 2. The van der Waals surface area contributed by atoms with E-state index in [9.17, 15) is 22.5 Å². The topological polar surface area (TPSA) is 71.1 Å². The molecule has 0 atom stereocenters. The molecule has 1 N–H and O–H groups in total. The number of ether oxygens (including phenoxy) is 2. The Balaban J connectivity index is 1.21. The van der Waals surface area contributed by atoms with E-state index < -0.39 is 30.2 Å². The van der Waals surface area contributed by atoms with Crippen molar-refractivity contribution in [1.29, 1.82) is 0 Å². The predicted molar refractivity (Wildman–Crippen MR) is 162 cm³/mol. The van der Waals surface area contributed by atoms with Crippen LogP contribution >= 0.6 is 0 Å². The number of fused-ring (bicyclic) bond motifs is 3. The predicted octanol–water partition coefficient (Wildman–Crippen LogP) is 6.46. The maximum atomic E-state index is 13.9. The Labute approximate surface area is 250 Å². The summed E-state index contributed by atoms with van der Waals surface area (Å²) in [6.45, 7) is 3.38. The van der Waals surface area contributed by atoms with Gasteiger partial charge in [0.25, 0.3) is 0 Å². The second kappa shape index (κ2) is 12.0. The smallest absolute Gasteiger partial charge is 0.448 e. The second-order valence-electron chi connectivity index (χ2n) is 12.1. The molecule has 1 aliphatic carbocycles. The Kier molecular flexibility index (Phi) is 8.47. The summed E-state index contributed by atoms with van der Waals surface area (Å²) >= 11 is 0. The minimum atomic E-state index is -5.30. The molecule has 0 bridgehead atoms. The van der Waals surface area contributed by atoms with Crippen molar-refractivity contribution in [3.8, 4) is 11.1 Å². The lowest BCUT2D eigenvalue weighted by Gasteiger charge is -2.35. The number of benzene rings is 3. The van der Waals surface area contributed by atoms with Crippen LogP contribution in [0.5, 0.6) is 0 Å². The third-order valence-corrected chi connectivity index (χ3v) is 7.91. The first kappa shape index (κ1) is 30.5. The second-order valence-corrected chi connectivity index (χ2v) is 12.1. The molecular formula is C32H36BF3N3O4-. The summed E-state index contributed by atoms with van der Waals surface area (Å²) in [5.74, 6) is -0.0355. The van der Waals surface area contributed by atoms with Gasteiger partial charge < -0.3 is 27.3 Å². The van der Waals surface area contributed by atoms with Gasteiger partial charge in [-0.3, -0.25) is 10.2 Å². The molecule has 3 aromatic rings. The van der Waals surface area contributed by atoms with Crippen molar-refractivity contribution in [2.24, 2.45) is 0 Å². The molecule has 11 heteroatoms. The number of rotatable bonds is 6. The Morgan fingerprint density at radius 1 is 0.930 bits per heavy atom. The zero-order valence-electron chi connectivity index (χ0n) is 24.8. The van der Waals surface area contributed by atoms with Crippen LogP contribution in [0.15, 0.2) is 60.7 Å². The highest BCUT2D eigenvalue weighted by Crippen LogP contribution is 2.44. The molecule has 2 aliphatic rings. The van der Waals surface area contributed by atoms with Gasteiger partial charge in [-0.05, 0) is 61.6 Å². The number of halogens is 3. The zero-order valence-corrected chi connectivity index (χ0v) is 24.8. The van der Waals surface area contributed by atoms with Crippen molar-refractivity contribution in [3.05, 3.63) is 82.9 Å². The summed E-state index contributed by atoms with van der Waals surface area (Å²) < 4.78 is 52.8. The lowest BCUT2D eigenvalue weighted by Crippen LogP contribution is -2.48. The maximum Gasteiger partial charge on any atom is 0.509 e. The molecule has 0 radical (unpaired) electrons. The Hall–Kier alpha value is -3.99. The van der Waals surface area contributed by atoms with Gasteiger partial charge in [0, 0.05) is 44.3 Å². The van der Waals surface area contributed by atoms with Crippen molar-refractivity contribution in [2.75, 3.05) is 38.1 Å². The number of amides is 2. The summed E-state index contributed by atoms with van der Waals surface area (Å²) in [6.07, 6.45) is -1.22. The van der Waals surface area contributed by atoms with Gasteiger partial charge in [0.15, 0.2) is 0 Å². The van der Waals surface area contributed by atoms with Crippen LogP contribution < -0.4 is 10.8 Å². The molecule has 2 amide bonds. The average molecular weight is 594 g/mol. The highest BCUT2D eigenvalue weighted by molar-refractivity contribution is 6.74. The van der Waals surface area contributed by atoms with E-state index >= 15 is 0 Å². The first-order chi connectivity index (χ1) is 20.3. The van der Waals surface area contributed by atoms with E-state index in [0.29, 0.717) is 31.7 Å². The molecule has 1 fully saturated rings. The third-order valence-electron chi connectivity index (χ3n) is 7.91. The van der Waals surface area contributed by atoms with Gasteiger partial charge in [0.05, 0.1) is 0 Å². The van der Waals surface area contributed by atoms with Crippen molar-refractivity contribution < 1.29 is 32.0 Å². The monoisotopic (exact) mass is 594 g/mol. The highest BCUT2D eigenvalue weighted by atomic mass is 19.4. The molecule has 228 valence electrons. The van der Waals surface area contributed by atoms with Gasteiger partial charge in [-0.15, -0.1) is 5.46 Å². The van der Waals surface area contributed by atoms with Crippen molar-refractivity contribution in [2.45, 2.75) is 45.8 Å². The molecule has 1 saturated heterocycles. The van der Waals surface area contributed by atoms with Crippen LogP contribution in [0, 0.1) is 6.92 Å². The van der Waals surface area contributed by atoms with Crippen LogP contribution in [0.2, 0.25) is 0 Å². The third kappa shape index (κ3) is 6.99.